The first-order valence-electron chi connectivity index (χ1n) is 5.70. The Balaban J connectivity index is 2.58. The molecule has 0 aliphatic heterocycles. The Kier molecular flexibility index (Phi) is 5.05. The summed E-state index contributed by atoms with van der Waals surface area (Å²) in [7, 11) is 0. The average molecular weight is 225 g/mol. The minimum absolute atomic E-state index is 0.225. The third-order valence-electron chi connectivity index (χ3n) is 2.36. The third kappa shape index (κ3) is 3.70. The molecular formula is C12H19NO3. The van der Waals surface area contributed by atoms with E-state index in [-0.39, 0.29) is 5.56 Å². The van der Waals surface area contributed by atoms with Crippen molar-refractivity contribution < 1.29 is 14.3 Å². The van der Waals surface area contributed by atoms with E-state index in [1.807, 2.05) is 0 Å². The first kappa shape index (κ1) is 12.8. The Hall–Kier alpha value is -1.29. The molecule has 0 atom stereocenters. The van der Waals surface area contributed by atoms with Crippen LogP contribution in [0.25, 0.3) is 0 Å². The molecule has 90 valence electrons. The summed E-state index contributed by atoms with van der Waals surface area (Å²) < 4.78 is 5.23. The molecule has 0 saturated carbocycles. The minimum atomic E-state index is -0.937. The van der Waals surface area contributed by atoms with Crippen LogP contribution >= 0.6 is 0 Å². The van der Waals surface area contributed by atoms with E-state index < -0.39 is 5.97 Å². The number of carboxylic acids is 1. The van der Waals surface area contributed by atoms with Gasteiger partial charge in [-0.05, 0) is 32.0 Å². The first-order valence-corrected chi connectivity index (χ1v) is 5.70. The largest absolute Gasteiger partial charge is 0.478 e. The Labute approximate surface area is 95.9 Å². The van der Waals surface area contributed by atoms with Gasteiger partial charge in [-0.3, -0.25) is 4.90 Å². The van der Waals surface area contributed by atoms with Gasteiger partial charge in [0.05, 0.1) is 12.1 Å². The quantitative estimate of drug-likeness (QED) is 0.775. The van der Waals surface area contributed by atoms with Crippen molar-refractivity contribution in [2.75, 3.05) is 13.1 Å². The zero-order valence-corrected chi connectivity index (χ0v) is 9.90. The Morgan fingerprint density at radius 3 is 2.44 bits per heavy atom. The Morgan fingerprint density at radius 2 is 2.00 bits per heavy atom. The molecule has 4 heteroatoms. The second-order valence-electron chi connectivity index (χ2n) is 3.88. The first-order chi connectivity index (χ1) is 7.67. The van der Waals surface area contributed by atoms with Gasteiger partial charge in [-0.25, -0.2) is 4.79 Å². The molecule has 0 aromatic carbocycles. The topological polar surface area (TPSA) is 53.7 Å². The Bertz CT molecular complexity index is 327. The van der Waals surface area contributed by atoms with Crippen molar-refractivity contribution in [2.45, 2.75) is 33.2 Å². The van der Waals surface area contributed by atoms with Crippen molar-refractivity contribution in [3.8, 4) is 0 Å². The number of aromatic carboxylic acids is 1. The van der Waals surface area contributed by atoms with E-state index in [1.54, 1.807) is 6.07 Å². The van der Waals surface area contributed by atoms with Crippen LogP contribution in [0.3, 0.4) is 0 Å². The van der Waals surface area contributed by atoms with E-state index in [0.29, 0.717) is 6.54 Å². The number of hydrogen-bond donors (Lipinski definition) is 1. The van der Waals surface area contributed by atoms with Gasteiger partial charge in [0.15, 0.2) is 0 Å². The molecule has 0 amide bonds. The van der Waals surface area contributed by atoms with Gasteiger partial charge >= 0.3 is 5.97 Å². The van der Waals surface area contributed by atoms with Crippen LogP contribution in [0.15, 0.2) is 16.7 Å². The summed E-state index contributed by atoms with van der Waals surface area (Å²) in [5.41, 5.74) is 0.225. The number of hydrogen-bond acceptors (Lipinski definition) is 3. The predicted octanol–water partition coefficient (Wildman–Crippen LogP) is 2.60. The predicted molar refractivity (Wildman–Crippen MR) is 61.5 cm³/mol. The molecule has 0 radical (unpaired) electrons. The summed E-state index contributed by atoms with van der Waals surface area (Å²) in [5, 5.41) is 8.77. The summed E-state index contributed by atoms with van der Waals surface area (Å²) in [6, 6.07) is 1.60. The summed E-state index contributed by atoms with van der Waals surface area (Å²) in [4.78, 5) is 12.9. The molecule has 0 aliphatic carbocycles. The highest BCUT2D eigenvalue weighted by molar-refractivity contribution is 5.87. The normalized spacial score (nSPS) is 10.9. The number of carboxylic acid groups (broad SMARTS) is 1. The van der Waals surface area contributed by atoms with Gasteiger partial charge in [-0.15, -0.1) is 0 Å². The standard InChI is InChI=1S/C12H19NO3/c1-3-5-13(6-4-2)8-11-7-10(9-16-11)12(14)15/h7,9H,3-6,8H2,1-2H3,(H,14,15). The maximum atomic E-state index is 10.7. The lowest BCUT2D eigenvalue weighted by Crippen LogP contribution is -2.24. The maximum Gasteiger partial charge on any atom is 0.338 e. The van der Waals surface area contributed by atoms with Crippen LogP contribution in [0.1, 0.15) is 42.8 Å². The van der Waals surface area contributed by atoms with Crippen LogP contribution < -0.4 is 0 Å². The summed E-state index contributed by atoms with van der Waals surface area (Å²) in [5.74, 6) is -0.216. The number of carbonyl (C=O) groups is 1. The van der Waals surface area contributed by atoms with E-state index in [0.717, 1.165) is 31.7 Å². The molecule has 1 rings (SSSR count). The second-order valence-corrected chi connectivity index (χ2v) is 3.88. The molecule has 16 heavy (non-hydrogen) atoms. The van der Waals surface area contributed by atoms with Crippen LogP contribution in [-0.4, -0.2) is 29.1 Å². The lowest BCUT2D eigenvalue weighted by atomic mass is 10.3. The maximum absolute atomic E-state index is 10.7. The summed E-state index contributed by atoms with van der Waals surface area (Å²) in [6.07, 6.45) is 3.48. The van der Waals surface area contributed by atoms with Gasteiger partial charge < -0.3 is 9.52 Å². The monoisotopic (exact) mass is 225 g/mol. The summed E-state index contributed by atoms with van der Waals surface area (Å²) in [6.45, 7) is 6.98. The summed E-state index contributed by atoms with van der Waals surface area (Å²) >= 11 is 0. The van der Waals surface area contributed by atoms with Crippen molar-refractivity contribution in [2.24, 2.45) is 0 Å². The number of furan rings is 1. The average Bonchev–Trinajstić information content (AvgIpc) is 2.67. The van der Waals surface area contributed by atoms with E-state index in [9.17, 15) is 4.79 Å². The number of nitrogens with zero attached hydrogens (tertiary/aromatic N) is 1. The number of rotatable bonds is 7. The zero-order valence-electron chi connectivity index (χ0n) is 9.90. The van der Waals surface area contributed by atoms with Crippen molar-refractivity contribution in [1.29, 1.82) is 0 Å². The van der Waals surface area contributed by atoms with Crippen molar-refractivity contribution in [3.63, 3.8) is 0 Å². The van der Waals surface area contributed by atoms with E-state index in [4.69, 9.17) is 9.52 Å². The van der Waals surface area contributed by atoms with Gasteiger partial charge in [-0.1, -0.05) is 13.8 Å². The molecule has 0 aliphatic rings. The van der Waals surface area contributed by atoms with Crippen molar-refractivity contribution >= 4 is 5.97 Å². The smallest absolute Gasteiger partial charge is 0.338 e. The molecule has 0 bridgehead atoms. The molecule has 0 spiro atoms. The van der Waals surface area contributed by atoms with Gasteiger partial charge in [0.2, 0.25) is 0 Å². The fourth-order valence-electron chi connectivity index (χ4n) is 1.70. The van der Waals surface area contributed by atoms with Crippen LogP contribution in [0.4, 0.5) is 0 Å². The van der Waals surface area contributed by atoms with E-state index in [1.165, 1.54) is 6.26 Å². The zero-order chi connectivity index (χ0) is 12.0. The van der Waals surface area contributed by atoms with Gasteiger partial charge in [0.1, 0.15) is 12.0 Å². The third-order valence-corrected chi connectivity index (χ3v) is 2.36. The second kappa shape index (κ2) is 6.33. The van der Waals surface area contributed by atoms with Crippen LogP contribution in [0, 0.1) is 0 Å². The van der Waals surface area contributed by atoms with E-state index >= 15 is 0 Å². The molecular weight excluding hydrogens is 206 g/mol. The highest BCUT2D eigenvalue weighted by atomic mass is 16.4. The van der Waals surface area contributed by atoms with Crippen LogP contribution in [0.5, 0.6) is 0 Å². The van der Waals surface area contributed by atoms with Crippen molar-refractivity contribution in [1.82, 2.24) is 4.90 Å². The van der Waals surface area contributed by atoms with Crippen LogP contribution in [0.2, 0.25) is 0 Å². The SMILES string of the molecule is CCCN(CCC)Cc1cc(C(=O)O)co1. The minimum Gasteiger partial charge on any atom is -0.478 e. The van der Waals surface area contributed by atoms with Gasteiger partial charge in [-0.2, -0.15) is 0 Å². The molecule has 1 aromatic heterocycles. The lowest BCUT2D eigenvalue weighted by Gasteiger charge is -2.19. The lowest BCUT2D eigenvalue weighted by molar-refractivity contribution is 0.0696. The molecule has 1 aromatic rings. The fraction of sp³-hybridized carbons (Fsp3) is 0.583. The van der Waals surface area contributed by atoms with E-state index in [2.05, 4.69) is 18.7 Å². The van der Waals surface area contributed by atoms with Crippen molar-refractivity contribution in [3.05, 3.63) is 23.7 Å². The molecule has 0 fully saturated rings. The molecule has 1 heterocycles. The Morgan fingerprint density at radius 1 is 1.38 bits per heavy atom. The molecule has 1 N–H and O–H groups in total. The molecule has 0 unspecified atom stereocenters. The van der Waals surface area contributed by atoms with Crippen LogP contribution in [-0.2, 0) is 6.54 Å². The van der Waals surface area contributed by atoms with Gasteiger partial charge in [0, 0.05) is 0 Å². The van der Waals surface area contributed by atoms with Gasteiger partial charge in [0.25, 0.3) is 0 Å². The fourth-order valence-corrected chi connectivity index (χ4v) is 1.70. The molecule has 0 saturated heterocycles. The highest BCUT2D eigenvalue weighted by Crippen LogP contribution is 2.11. The molecule has 4 nitrogen and oxygen atoms in total. The highest BCUT2D eigenvalue weighted by Gasteiger charge is 2.11.